The molecule has 0 bridgehead atoms. The van der Waals surface area contributed by atoms with Crippen molar-refractivity contribution in [3.8, 4) is 0 Å². The topological polar surface area (TPSA) is 55.1 Å². The highest BCUT2D eigenvalue weighted by molar-refractivity contribution is 5.90. The van der Waals surface area contributed by atoms with Gasteiger partial charge in [0.1, 0.15) is 11.6 Å². The van der Waals surface area contributed by atoms with E-state index in [-0.39, 0.29) is 5.91 Å². The molecule has 17 heavy (non-hydrogen) atoms. The Morgan fingerprint density at radius 2 is 2.29 bits per heavy atom. The van der Waals surface area contributed by atoms with Crippen LogP contribution in [0.3, 0.4) is 0 Å². The molecule has 0 aliphatic rings. The minimum atomic E-state index is -0.0526. The maximum atomic E-state index is 11.7. The number of aromatic nitrogens is 1. The predicted molar refractivity (Wildman–Crippen MR) is 64.6 cm³/mol. The summed E-state index contributed by atoms with van der Waals surface area (Å²) in [4.78, 5) is 15.8. The van der Waals surface area contributed by atoms with E-state index in [0.717, 1.165) is 11.3 Å². The third-order valence-electron chi connectivity index (χ3n) is 2.45. The number of amides is 1. The molecule has 2 aromatic rings. The van der Waals surface area contributed by atoms with Crippen LogP contribution in [0.2, 0.25) is 0 Å². The van der Waals surface area contributed by atoms with Crippen molar-refractivity contribution in [1.82, 2.24) is 4.98 Å². The maximum absolute atomic E-state index is 11.7. The molecule has 0 fully saturated rings. The number of nitrogens with one attached hydrogen (secondary N) is 1. The number of carbonyl (C=O) groups excluding carboxylic acids is 1. The van der Waals surface area contributed by atoms with E-state index in [9.17, 15) is 4.79 Å². The summed E-state index contributed by atoms with van der Waals surface area (Å²) < 4.78 is 5.16. The molecule has 88 valence electrons. The van der Waals surface area contributed by atoms with Crippen LogP contribution in [0.4, 0.5) is 5.82 Å². The van der Waals surface area contributed by atoms with Crippen LogP contribution in [0, 0.1) is 6.92 Å². The average molecular weight is 230 g/mol. The van der Waals surface area contributed by atoms with Gasteiger partial charge in [-0.05, 0) is 30.7 Å². The fraction of sp³-hybridized carbons (Fsp3) is 0.231. The lowest BCUT2D eigenvalue weighted by Crippen LogP contribution is -2.14. The second-order valence-corrected chi connectivity index (χ2v) is 3.80. The summed E-state index contributed by atoms with van der Waals surface area (Å²) in [6, 6.07) is 7.43. The zero-order chi connectivity index (χ0) is 12.1. The van der Waals surface area contributed by atoms with Crippen LogP contribution >= 0.6 is 0 Å². The van der Waals surface area contributed by atoms with Gasteiger partial charge in [-0.25, -0.2) is 4.98 Å². The van der Waals surface area contributed by atoms with Crippen LogP contribution in [-0.2, 0) is 11.2 Å². The van der Waals surface area contributed by atoms with Crippen molar-refractivity contribution in [3.05, 3.63) is 48.0 Å². The van der Waals surface area contributed by atoms with Gasteiger partial charge in [-0.3, -0.25) is 4.79 Å². The van der Waals surface area contributed by atoms with Crippen molar-refractivity contribution in [2.45, 2.75) is 19.8 Å². The van der Waals surface area contributed by atoms with Gasteiger partial charge in [-0.1, -0.05) is 6.07 Å². The monoisotopic (exact) mass is 230 g/mol. The minimum Gasteiger partial charge on any atom is -0.469 e. The minimum absolute atomic E-state index is 0.0526. The second kappa shape index (κ2) is 5.30. The molecule has 0 radical (unpaired) electrons. The first-order chi connectivity index (χ1) is 8.25. The van der Waals surface area contributed by atoms with E-state index in [2.05, 4.69) is 10.3 Å². The van der Waals surface area contributed by atoms with Crippen molar-refractivity contribution >= 4 is 11.7 Å². The Morgan fingerprint density at radius 1 is 1.41 bits per heavy atom. The van der Waals surface area contributed by atoms with Crippen LogP contribution in [-0.4, -0.2) is 10.9 Å². The number of hydrogen-bond acceptors (Lipinski definition) is 3. The average Bonchev–Trinajstić information content (AvgIpc) is 2.82. The Morgan fingerprint density at radius 3 is 3.00 bits per heavy atom. The predicted octanol–water partition coefficient (Wildman–Crippen LogP) is 2.55. The summed E-state index contributed by atoms with van der Waals surface area (Å²) in [5.41, 5.74) is 0.957. The van der Waals surface area contributed by atoms with Gasteiger partial charge in [0, 0.05) is 19.0 Å². The van der Waals surface area contributed by atoms with Gasteiger partial charge in [0.25, 0.3) is 0 Å². The van der Waals surface area contributed by atoms with E-state index < -0.39 is 0 Å². The third-order valence-corrected chi connectivity index (χ3v) is 2.45. The Hall–Kier alpha value is -2.10. The lowest BCUT2D eigenvalue weighted by atomic mass is 10.2. The molecule has 0 atom stereocenters. The maximum Gasteiger partial charge on any atom is 0.225 e. The van der Waals surface area contributed by atoms with Gasteiger partial charge in [0.05, 0.1) is 6.26 Å². The van der Waals surface area contributed by atoms with Gasteiger partial charge in [-0.2, -0.15) is 0 Å². The third kappa shape index (κ3) is 3.17. The number of pyridine rings is 1. The number of furan rings is 1. The van der Waals surface area contributed by atoms with Gasteiger partial charge in [0.2, 0.25) is 5.91 Å². The molecule has 1 amide bonds. The largest absolute Gasteiger partial charge is 0.469 e. The van der Waals surface area contributed by atoms with Gasteiger partial charge < -0.3 is 9.73 Å². The number of anilines is 1. The van der Waals surface area contributed by atoms with Crippen LogP contribution in [0.15, 0.2) is 41.1 Å². The van der Waals surface area contributed by atoms with E-state index in [1.165, 1.54) is 0 Å². The van der Waals surface area contributed by atoms with Crippen molar-refractivity contribution in [2.24, 2.45) is 0 Å². The number of rotatable bonds is 4. The van der Waals surface area contributed by atoms with Crippen molar-refractivity contribution < 1.29 is 9.21 Å². The van der Waals surface area contributed by atoms with Gasteiger partial charge >= 0.3 is 0 Å². The Labute approximate surface area is 99.7 Å². The van der Waals surface area contributed by atoms with Crippen LogP contribution in [0.25, 0.3) is 0 Å². The number of nitrogens with zero attached hydrogens (tertiary/aromatic N) is 1. The Bertz CT molecular complexity index is 492. The molecule has 4 heteroatoms. The van der Waals surface area contributed by atoms with E-state index >= 15 is 0 Å². The quantitative estimate of drug-likeness (QED) is 0.878. The Kier molecular flexibility index (Phi) is 3.55. The van der Waals surface area contributed by atoms with Crippen molar-refractivity contribution in [3.63, 3.8) is 0 Å². The fourth-order valence-electron chi connectivity index (χ4n) is 1.50. The highest BCUT2D eigenvalue weighted by Gasteiger charge is 2.06. The Balaban J connectivity index is 1.87. The molecule has 4 nitrogen and oxygen atoms in total. The molecule has 0 saturated heterocycles. The van der Waals surface area contributed by atoms with Gasteiger partial charge in [-0.15, -0.1) is 0 Å². The molecule has 0 aliphatic carbocycles. The first-order valence-corrected chi connectivity index (χ1v) is 5.49. The normalized spacial score (nSPS) is 10.2. The summed E-state index contributed by atoms with van der Waals surface area (Å²) >= 11 is 0. The molecule has 0 aromatic carbocycles. The van der Waals surface area contributed by atoms with E-state index in [1.54, 1.807) is 12.5 Å². The van der Waals surface area contributed by atoms with E-state index in [4.69, 9.17) is 4.42 Å². The molecular formula is C13H14N2O2. The molecule has 0 unspecified atom stereocenters. The van der Waals surface area contributed by atoms with Crippen molar-refractivity contribution in [1.29, 1.82) is 0 Å². The van der Waals surface area contributed by atoms with E-state index in [1.807, 2.05) is 31.2 Å². The molecule has 2 aromatic heterocycles. The number of aryl methyl sites for hydroxylation is 2. The smallest absolute Gasteiger partial charge is 0.225 e. The molecule has 0 spiro atoms. The zero-order valence-electron chi connectivity index (χ0n) is 9.64. The molecule has 1 N–H and O–H groups in total. The van der Waals surface area contributed by atoms with Crippen LogP contribution in [0.1, 0.15) is 17.7 Å². The molecule has 2 rings (SSSR count). The fourth-order valence-corrected chi connectivity index (χ4v) is 1.50. The second-order valence-electron chi connectivity index (χ2n) is 3.80. The highest BCUT2D eigenvalue weighted by atomic mass is 16.3. The summed E-state index contributed by atoms with van der Waals surface area (Å²) in [5.74, 6) is 1.39. The lowest BCUT2D eigenvalue weighted by molar-refractivity contribution is -0.116. The summed E-state index contributed by atoms with van der Waals surface area (Å²) in [6.45, 7) is 1.91. The summed E-state index contributed by atoms with van der Waals surface area (Å²) in [5, 5.41) is 2.78. The summed E-state index contributed by atoms with van der Waals surface area (Å²) in [6.07, 6.45) is 4.26. The summed E-state index contributed by atoms with van der Waals surface area (Å²) in [7, 11) is 0. The SMILES string of the molecule is Cc1cccnc1NC(=O)CCc1ccco1. The first-order valence-electron chi connectivity index (χ1n) is 5.49. The molecule has 0 aliphatic heterocycles. The number of hydrogen-bond donors (Lipinski definition) is 1. The molecule has 2 heterocycles. The number of carbonyl (C=O) groups is 1. The standard InChI is InChI=1S/C13H14N2O2/c1-10-4-2-8-14-13(10)15-12(16)7-6-11-5-3-9-17-11/h2-5,8-9H,6-7H2,1H3,(H,14,15,16). The highest BCUT2D eigenvalue weighted by Crippen LogP contribution is 2.10. The van der Waals surface area contributed by atoms with Gasteiger partial charge in [0.15, 0.2) is 0 Å². The lowest BCUT2D eigenvalue weighted by Gasteiger charge is -2.05. The zero-order valence-corrected chi connectivity index (χ0v) is 9.64. The van der Waals surface area contributed by atoms with Crippen LogP contribution < -0.4 is 5.32 Å². The molecular weight excluding hydrogens is 216 g/mol. The molecule has 0 saturated carbocycles. The van der Waals surface area contributed by atoms with Crippen LogP contribution in [0.5, 0.6) is 0 Å². The first kappa shape index (κ1) is 11.4. The van der Waals surface area contributed by atoms with E-state index in [0.29, 0.717) is 18.7 Å². The van der Waals surface area contributed by atoms with Crippen molar-refractivity contribution in [2.75, 3.05) is 5.32 Å².